The van der Waals surface area contributed by atoms with Crippen LogP contribution in [0.15, 0.2) is 63.5 Å². The summed E-state index contributed by atoms with van der Waals surface area (Å²) >= 11 is 3.29. The standard InChI is InChI=1S/C22H20BrF3N2O2S/c1-15-3-9-18(10-4-15)31(29,30)28-12-20(21(2,14-28)13-22(24,25)26)19(11-27)16-5-7-17(23)8-6-16/h3-10H,12-14H2,1-2H3/b20-19-/t21-/m0/s1. The minimum Gasteiger partial charge on any atom is -0.207 e. The number of aryl methyl sites for hydroxylation is 1. The summed E-state index contributed by atoms with van der Waals surface area (Å²) in [5.74, 6) is 0. The Labute approximate surface area is 188 Å². The van der Waals surface area contributed by atoms with Crippen molar-refractivity contribution in [1.29, 1.82) is 5.26 Å². The van der Waals surface area contributed by atoms with Gasteiger partial charge in [-0.25, -0.2) is 8.42 Å². The first-order valence-corrected chi connectivity index (χ1v) is 11.6. The van der Waals surface area contributed by atoms with Crippen LogP contribution >= 0.6 is 15.9 Å². The molecule has 0 saturated carbocycles. The lowest BCUT2D eigenvalue weighted by molar-refractivity contribution is -0.150. The summed E-state index contributed by atoms with van der Waals surface area (Å²) in [6, 6.07) is 14.8. The molecule has 0 bridgehead atoms. The Kier molecular flexibility index (Phi) is 6.38. The van der Waals surface area contributed by atoms with Gasteiger partial charge in [-0.3, -0.25) is 0 Å². The third-order valence-electron chi connectivity index (χ3n) is 5.38. The molecule has 0 amide bonds. The van der Waals surface area contributed by atoms with Crippen LogP contribution in [0.5, 0.6) is 0 Å². The molecule has 164 valence electrons. The van der Waals surface area contributed by atoms with E-state index < -0.39 is 28.0 Å². The summed E-state index contributed by atoms with van der Waals surface area (Å²) in [6.07, 6.45) is -5.75. The minimum absolute atomic E-state index is 0.0101. The molecule has 0 unspecified atom stereocenters. The highest BCUT2D eigenvalue weighted by Gasteiger charge is 2.50. The van der Waals surface area contributed by atoms with Crippen LogP contribution in [0.2, 0.25) is 0 Å². The van der Waals surface area contributed by atoms with Crippen molar-refractivity contribution in [2.24, 2.45) is 5.41 Å². The van der Waals surface area contributed by atoms with Crippen molar-refractivity contribution in [1.82, 2.24) is 4.31 Å². The Hall–Kier alpha value is -2.15. The maximum absolute atomic E-state index is 13.5. The number of sulfonamides is 1. The van der Waals surface area contributed by atoms with Gasteiger partial charge in [-0.05, 0) is 42.3 Å². The molecule has 1 saturated heterocycles. The molecule has 9 heteroatoms. The van der Waals surface area contributed by atoms with E-state index in [9.17, 15) is 26.9 Å². The van der Waals surface area contributed by atoms with Crippen LogP contribution in [0, 0.1) is 23.7 Å². The number of halogens is 4. The third kappa shape index (κ3) is 5.03. The molecular weight excluding hydrogens is 493 g/mol. The number of alkyl halides is 3. The van der Waals surface area contributed by atoms with E-state index in [0.29, 0.717) is 5.56 Å². The number of hydrogen-bond acceptors (Lipinski definition) is 3. The molecule has 2 aromatic rings. The Morgan fingerprint density at radius 1 is 1.16 bits per heavy atom. The SMILES string of the molecule is Cc1ccc(S(=O)(=O)N2C/C(=C(\C#N)c3ccc(Br)cc3)[C@@](C)(CC(F)(F)F)C2)cc1. The van der Waals surface area contributed by atoms with Gasteiger partial charge in [0.2, 0.25) is 10.0 Å². The van der Waals surface area contributed by atoms with Crippen LogP contribution < -0.4 is 0 Å². The number of hydrogen-bond donors (Lipinski definition) is 0. The Morgan fingerprint density at radius 2 is 1.74 bits per heavy atom. The molecule has 0 radical (unpaired) electrons. The van der Waals surface area contributed by atoms with Crippen molar-refractivity contribution in [2.75, 3.05) is 13.1 Å². The fourth-order valence-corrected chi connectivity index (χ4v) is 5.64. The van der Waals surface area contributed by atoms with E-state index in [4.69, 9.17) is 0 Å². The first-order chi connectivity index (χ1) is 14.4. The van der Waals surface area contributed by atoms with E-state index in [2.05, 4.69) is 15.9 Å². The fraction of sp³-hybridized carbons (Fsp3) is 0.318. The van der Waals surface area contributed by atoms with E-state index >= 15 is 0 Å². The van der Waals surface area contributed by atoms with Crippen molar-refractivity contribution < 1.29 is 21.6 Å². The summed E-state index contributed by atoms with van der Waals surface area (Å²) in [5, 5.41) is 9.81. The lowest BCUT2D eigenvalue weighted by atomic mass is 9.78. The molecule has 1 heterocycles. The van der Waals surface area contributed by atoms with Gasteiger partial charge in [0.05, 0.1) is 23.0 Å². The second-order valence-corrected chi connectivity index (χ2v) is 10.8. The van der Waals surface area contributed by atoms with Crippen molar-refractivity contribution in [3.05, 3.63) is 69.7 Å². The summed E-state index contributed by atoms with van der Waals surface area (Å²) < 4.78 is 68.5. The predicted molar refractivity (Wildman–Crippen MR) is 115 cm³/mol. The lowest BCUT2D eigenvalue weighted by Crippen LogP contribution is -2.33. The summed E-state index contributed by atoms with van der Waals surface area (Å²) in [4.78, 5) is 0.0101. The Balaban J connectivity index is 2.13. The van der Waals surface area contributed by atoms with Gasteiger partial charge in [-0.2, -0.15) is 22.7 Å². The van der Waals surface area contributed by atoms with E-state index in [1.54, 1.807) is 36.4 Å². The van der Waals surface area contributed by atoms with E-state index in [0.717, 1.165) is 14.3 Å². The normalized spacial score (nSPS) is 21.7. The van der Waals surface area contributed by atoms with Gasteiger partial charge in [0, 0.05) is 23.0 Å². The number of rotatable bonds is 4. The van der Waals surface area contributed by atoms with Crippen molar-refractivity contribution in [3.8, 4) is 6.07 Å². The molecule has 0 aromatic heterocycles. The van der Waals surface area contributed by atoms with Gasteiger partial charge in [-0.1, -0.05) is 52.7 Å². The second-order valence-electron chi connectivity index (χ2n) is 7.91. The van der Waals surface area contributed by atoms with Crippen LogP contribution in [0.25, 0.3) is 5.57 Å². The van der Waals surface area contributed by atoms with Crippen LogP contribution in [-0.4, -0.2) is 32.0 Å². The monoisotopic (exact) mass is 512 g/mol. The summed E-state index contributed by atoms with van der Waals surface area (Å²) in [7, 11) is -4.03. The zero-order chi connectivity index (χ0) is 23.0. The number of nitrogens with zero attached hydrogens (tertiary/aromatic N) is 2. The predicted octanol–water partition coefficient (Wildman–Crippen LogP) is 5.70. The zero-order valence-corrected chi connectivity index (χ0v) is 19.3. The van der Waals surface area contributed by atoms with Gasteiger partial charge in [0.1, 0.15) is 0 Å². The van der Waals surface area contributed by atoms with Crippen LogP contribution in [0.4, 0.5) is 13.2 Å². The highest BCUT2D eigenvalue weighted by atomic mass is 79.9. The van der Waals surface area contributed by atoms with Gasteiger partial charge in [-0.15, -0.1) is 0 Å². The topological polar surface area (TPSA) is 61.2 Å². The van der Waals surface area contributed by atoms with Gasteiger partial charge >= 0.3 is 6.18 Å². The van der Waals surface area contributed by atoms with Crippen LogP contribution in [-0.2, 0) is 10.0 Å². The van der Waals surface area contributed by atoms with Crippen molar-refractivity contribution in [2.45, 2.75) is 31.3 Å². The molecule has 3 rings (SSSR count). The van der Waals surface area contributed by atoms with Gasteiger partial charge in [0.15, 0.2) is 0 Å². The molecule has 1 aliphatic heterocycles. The molecule has 4 nitrogen and oxygen atoms in total. The largest absolute Gasteiger partial charge is 0.390 e. The second kappa shape index (κ2) is 8.41. The van der Waals surface area contributed by atoms with Gasteiger partial charge in [0.25, 0.3) is 0 Å². The summed E-state index contributed by atoms with van der Waals surface area (Å²) in [5.41, 5.74) is -0.00604. The highest BCUT2D eigenvalue weighted by Crippen LogP contribution is 2.48. The molecule has 1 aliphatic rings. The number of benzene rings is 2. The molecule has 31 heavy (non-hydrogen) atoms. The fourth-order valence-electron chi connectivity index (χ4n) is 3.85. The van der Waals surface area contributed by atoms with Crippen LogP contribution in [0.3, 0.4) is 0 Å². The maximum Gasteiger partial charge on any atom is 0.390 e. The Morgan fingerprint density at radius 3 is 2.26 bits per heavy atom. The average Bonchev–Trinajstić information content (AvgIpc) is 3.00. The quantitative estimate of drug-likeness (QED) is 0.493. The molecule has 0 spiro atoms. The smallest absolute Gasteiger partial charge is 0.207 e. The average molecular weight is 513 g/mol. The highest BCUT2D eigenvalue weighted by molar-refractivity contribution is 9.10. The molecule has 2 aromatic carbocycles. The summed E-state index contributed by atoms with van der Waals surface area (Å²) in [6.45, 7) is 2.54. The number of nitriles is 1. The van der Waals surface area contributed by atoms with E-state index in [1.165, 1.54) is 19.1 Å². The maximum atomic E-state index is 13.5. The van der Waals surface area contributed by atoms with Crippen molar-refractivity contribution >= 4 is 31.5 Å². The first-order valence-electron chi connectivity index (χ1n) is 9.39. The Bertz CT molecular complexity index is 1150. The van der Waals surface area contributed by atoms with Gasteiger partial charge < -0.3 is 0 Å². The first kappa shape index (κ1) is 23.5. The number of allylic oxidation sites excluding steroid dienone is 1. The minimum atomic E-state index is -4.52. The van der Waals surface area contributed by atoms with Crippen LogP contribution in [0.1, 0.15) is 24.5 Å². The zero-order valence-electron chi connectivity index (χ0n) is 16.9. The van der Waals surface area contributed by atoms with E-state index in [1.807, 2.05) is 13.0 Å². The molecule has 1 atom stereocenters. The molecule has 0 N–H and O–H groups in total. The van der Waals surface area contributed by atoms with Crippen molar-refractivity contribution in [3.63, 3.8) is 0 Å². The molecular formula is C22H20BrF3N2O2S. The third-order valence-corrected chi connectivity index (χ3v) is 7.72. The molecule has 1 fully saturated rings. The molecule has 0 aliphatic carbocycles. The van der Waals surface area contributed by atoms with E-state index in [-0.39, 0.29) is 29.1 Å². The lowest BCUT2D eigenvalue weighted by Gasteiger charge is -2.28.